The maximum absolute atomic E-state index is 13.1. The van der Waals surface area contributed by atoms with Crippen LogP contribution in [0.5, 0.6) is 0 Å². The predicted molar refractivity (Wildman–Crippen MR) is 122 cm³/mol. The van der Waals surface area contributed by atoms with E-state index in [1.165, 1.54) is 29.9 Å². The Morgan fingerprint density at radius 1 is 1.09 bits per heavy atom. The Balaban J connectivity index is 0.000000139. The molecule has 5 nitrogen and oxygen atoms in total. The van der Waals surface area contributed by atoms with Crippen LogP contribution in [0, 0.1) is 5.82 Å². The molecule has 6 rings (SSSR count). The van der Waals surface area contributed by atoms with E-state index in [1.807, 2.05) is 40.7 Å². The fourth-order valence-electron chi connectivity index (χ4n) is 3.96. The number of rotatable bonds is 4. The van der Waals surface area contributed by atoms with E-state index in [0.717, 1.165) is 54.2 Å². The van der Waals surface area contributed by atoms with E-state index in [2.05, 4.69) is 15.1 Å². The third kappa shape index (κ3) is 4.73. The van der Waals surface area contributed by atoms with Crippen LogP contribution in [0.2, 0.25) is 0 Å². The van der Waals surface area contributed by atoms with Crippen molar-refractivity contribution in [1.29, 1.82) is 0 Å². The summed E-state index contributed by atoms with van der Waals surface area (Å²) in [6.45, 7) is 0.928. The minimum atomic E-state index is -2.46. The van der Waals surface area contributed by atoms with Gasteiger partial charge >= 0.3 is 0 Å². The topological polar surface area (TPSA) is 48.5 Å². The lowest BCUT2D eigenvalue weighted by Crippen LogP contribution is -2.11. The largest absolute Gasteiger partial charge is 0.349 e. The molecule has 4 aromatic rings. The Bertz CT molecular complexity index is 1210. The van der Waals surface area contributed by atoms with Gasteiger partial charge in [-0.2, -0.15) is 5.10 Å². The first kappa shape index (κ1) is 21.9. The maximum atomic E-state index is 13.1. The average molecular weight is 472 g/mol. The summed E-state index contributed by atoms with van der Waals surface area (Å²) in [6, 6.07) is 10.2. The van der Waals surface area contributed by atoms with E-state index in [-0.39, 0.29) is 11.5 Å². The normalized spacial score (nSPS) is 15.3. The number of benzene rings is 1. The number of hydrogen-bond donors (Lipinski definition) is 0. The first-order valence-corrected chi connectivity index (χ1v) is 11.9. The van der Waals surface area contributed by atoms with Crippen molar-refractivity contribution < 1.29 is 13.2 Å². The molecule has 0 bridgehead atoms. The molecule has 0 amide bonds. The summed E-state index contributed by atoms with van der Waals surface area (Å²) >= 11 is 1.42. The van der Waals surface area contributed by atoms with Crippen molar-refractivity contribution in [3.05, 3.63) is 64.8 Å². The number of thiazole rings is 1. The lowest BCUT2D eigenvalue weighted by atomic mass is 10.2. The third-order valence-electron chi connectivity index (χ3n) is 5.85. The molecule has 0 atom stereocenters. The first-order chi connectivity index (χ1) is 16.0. The van der Waals surface area contributed by atoms with Crippen molar-refractivity contribution in [3.8, 4) is 22.1 Å². The zero-order chi connectivity index (χ0) is 22.9. The second-order valence-electron chi connectivity index (χ2n) is 8.39. The molecule has 172 valence electrons. The van der Waals surface area contributed by atoms with Gasteiger partial charge in [0, 0.05) is 36.7 Å². The minimum absolute atomic E-state index is 0.00583. The third-order valence-corrected chi connectivity index (χ3v) is 7.11. The van der Waals surface area contributed by atoms with Crippen molar-refractivity contribution in [3.63, 3.8) is 0 Å². The van der Waals surface area contributed by atoms with Crippen LogP contribution in [-0.4, -0.2) is 24.3 Å². The van der Waals surface area contributed by atoms with Crippen molar-refractivity contribution in [1.82, 2.24) is 24.3 Å². The van der Waals surface area contributed by atoms with Gasteiger partial charge in [0.25, 0.3) is 6.43 Å². The van der Waals surface area contributed by atoms with Crippen LogP contribution in [0.15, 0.2) is 42.6 Å². The molecule has 0 unspecified atom stereocenters. The number of alkyl halides is 2. The summed E-state index contributed by atoms with van der Waals surface area (Å²) in [6.07, 6.45) is 4.78. The van der Waals surface area contributed by atoms with Crippen molar-refractivity contribution in [2.24, 2.45) is 7.05 Å². The van der Waals surface area contributed by atoms with E-state index in [4.69, 9.17) is 0 Å². The van der Waals surface area contributed by atoms with Crippen molar-refractivity contribution >= 4 is 11.3 Å². The van der Waals surface area contributed by atoms with E-state index in [1.54, 1.807) is 6.07 Å². The lowest BCUT2D eigenvalue weighted by Gasteiger charge is -2.09. The monoisotopic (exact) mass is 471 g/mol. The van der Waals surface area contributed by atoms with Crippen LogP contribution in [0.1, 0.15) is 54.4 Å². The quantitative estimate of drug-likeness (QED) is 0.347. The highest BCUT2D eigenvalue weighted by Gasteiger charge is 2.32. The van der Waals surface area contributed by atoms with E-state index >= 15 is 0 Å². The SMILES string of the molecule is Cn1cccc1-c1nc(C(F)F)c(C2CC2)s1.Fc1cccc(-c2nc3n(n2)CCCC3)c1. The summed E-state index contributed by atoms with van der Waals surface area (Å²) in [7, 11) is 1.90. The Labute approximate surface area is 193 Å². The Morgan fingerprint density at radius 3 is 2.61 bits per heavy atom. The number of aromatic nitrogens is 5. The van der Waals surface area contributed by atoms with Gasteiger partial charge < -0.3 is 4.57 Å². The Morgan fingerprint density at radius 2 is 1.94 bits per heavy atom. The van der Waals surface area contributed by atoms with Crippen LogP contribution >= 0.6 is 11.3 Å². The summed E-state index contributed by atoms with van der Waals surface area (Å²) in [5.41, 5.74) is 1.65. The van der Waals surface area contributed by atoms with Gasteiger partial charge in [0.2, 0.25) is 0 Å². The van der Waals surface area contributed by atoms with Gasteiger partial charge in [-0.25, -0.2) is 27.8 Å². The highest BCUT2D eigenvalue weighted by atomic mass is 32.1. The second kappa shape index (κ2) is 9.13. The first-order valence-electron chi connectivity index (χ1n) is 11.1. The van der Waals surface area contributed by atoms with Gasteiger partial charge in [0.15, 0.2) is 5.82 Å². The zero-order valence-electron chi connectivity index (χ0n) is 18.2. The number of hydrogen-bond acceptors (Lipinski definition) is 4. The zero-order valence-corrected chi connectivity index (χ0v) is 19.0. The van der Waals surface area contributed by atoms with Crippen molar-refractivity contribution in [2.45, 2.75) is 51.0 Å². The fraction of sp³-hybridized carbons (Fsp3) is 0.375. The van der Waals surface area contributed by atoms with Gasteiger partial charge in [-0.3, -0.25) is 0 Å². The van der Waals surface area contributed by atoms with Gasteiger partial charge in [0.1, 0.15) is 22.3 Å². The van der Waals surface area contributed by atoms with Crippen LogP contribution in [-0.2, 0) is 20.0 Å². The molecule has 0 spiro atoms. The second-order valence-corrected chi connectivity index (χ2v) is 9.42. The number of halogens is 3. The van der Waals surface area contributed by atoms with Gasteiger partial charge in [0.05, 0.1) is 5.69 Å². The summed E-state index contributed by atoms with van der Waals surface area (Å²) in [5, 5.41) is 5.10. The van der Waals surface area contributed by atoms with Gasteiger partial charge in [-0.15, -0.1) is 11.3 Å². The van der Waals surface area contributed by atoms with Crippen LogP contribution in [0.25, 0.3) is 22.1 Å². The molecule has 9 heteroatoms. The maximum Gasteiger partial charge on any atom is 0.281 e. The molecule has 4 heterocycles. The molecule has 2 aliphatic rings. The molecule has 0 radical (unpaired) electrons. The smallest absolute Gasteiger partial charge is 0.281 e. The average Bonchev–Trinajstić information content (AvgIpc) is 3.21. The van der Waals surface area contributed by atoms with Gasteiger partial charge in [-0.1, -0.05) is 12.1 Å². The Hall–Kier alpha value is -2.94. The van der Waals surface area contributed by atoms with Crippen LogP contribution < -0.4 is 0 Å². The summed E-state index contributed by atoms with van der Waals surface area (Å²) < 4.78 is 42.7. The molecule has 1 fully saturated rings. The Kier molecular flexibility index (Phi) is 6.05. The minimum Gasteiger partial charge on any atom is -0.349 e. The molecular formula is C24H24F3N5S. The number of fused-ring (bicyclic) bond motifs is 1. The summed E-state index contributed by atoms with van der Waals surface area (Å²) in [4.78, 5) is 9.36. The molecule has 3 aromatic heterocycles. The molecule has 0 N–H and O–H groups in total. The molecule has 1 aromatic carbocycles. The van der Waals surface area contributed by atoms with E-state index < -0.39 is 6.43 Å². The summed E-state index contributed by atoms with van der Waals surface area (Å²) in [5.74, 6) is 1.73. The lowest BCUT2D eigenvalue weighted by molar-refractivity contribution is 0.146. The van der Waals surface area contributed by atoms with Crippen molar-refractivity contribution in [2.75, 3.05) is 0 Å². The van der Waals surface area contributed by atoms with Crippen LogP contribution in [0.4, 0.5) is 13.2 Å². The number of aryl methyl sites for hydroxylation is 3. The predicted octanol–water partition coefficient (Wildman–Crippen LogP) is 6.38. The van der Waals surface area contributed by atoms with E-state index in [0.29, 0.717) is 16.7 Å². The molecule has 1 saturated carbocycles. The number of nitrogens with zero attached hydrogens (tertiary/aromatic N) is 5. The van der Waals surface area contributed by atoms with Gasteiger partial charge in [-0.05, 0) is 55.9 Å². The molecule has 1 aliphatic heterocycles. The fourth-order valence-corrected chi connectivity index (χ4v) is 5.27. The molecule has 1 aliphatic carbocycles. The highest BCUT2D eigenvalue weighted by molar-refractivity contribution is 7.15. The molecular weight excluding hydrogens is 447 g/mol. The van der Waals surface area contributed by atoms with Crippen LogP contribution in [0.3, 0.4) is 0 Å². The molecule has 33 heavy (non-hydrogen) atoms. The highest BCUT2D eigenvalue weighted by Crippen LogP contribution is 2.48. The van der Waals surface area contributed by atoms with E-state index in [9.17, 15) is 13.2 Å². The molecule has 0 saturated heterocycles. The standard InChI is InChI=1S/C12H12F2N2S.C12H12FN3/c1-16-6-2-3-8(16)12-15-9(11(13)14)10(17-12)7-4-5-7;13-10-5-3-4-9(8-10)12-14-11-6-1-2-7-16(11)15-12/h2-3,6-7,11H,4-5H2,1H3;3-5,8H,1-2,6-7H2.